The summed E-state index contributed by atoms with van der Waals surface area (Å²) >= 11 is 0. The van der Waals surface area contributed by atoms with Gasteiger partial charge in [0, 0.05) is 18.0 Å². The Kier molecular flexibility index (Phi) is 6.91. The van der Waals surface area contributed by atoms with Crippen molar-refractivity contribution in [1.82, 2.24) is 10.6 Å². The molecule has 1 aromatic carbocycles. The van der Waals surface area contributed by atoms with Gasteiger partial charge in [-0.25, -0.2) is 0 Å². The van der Waals surface area contributed by atoms with Crippen LogP contribution in [0.2, 0.25) is 0 Å². The molecule has 2 atom stereocenters. The van der Waals surface area contributed by atoms with Crippen LogP contribution in [-0.2, 0) is 4.79 Å². The van der Waals surface area contributed by atoms with Crippen LogP contribution < -0.4 is 10.6 Å². The second-order valence-electron chi connectivity index (χ2n) is 6.96. The van der Waals surface area contributed by atoms with E-state index in [1.165, 1.54) is 5.56 Å². The Labute approximate surface area is 146 Å². The average molecular weight is 337 g/mol. The minimum Gasteiger partial charge on any atom is -0.352 e. The van der Waals surface area contributed by atoms with Crippen LogP contribution in [-0.4, -0.2) is 24.5 Å². The van der Waals surface area contributed by atoms with E-state index in [9.17, 15) is 4.79 Å². The van der Waals surface area contributed by atoms with E-state index in [0.29, 0.717) is 18.0 Å². The number of benzene rings is 1. The van der Waals surface area contributed by atoms with Crippen LogP contribution >= 0.6 is 12.4 Å². The van der Waals surface area contributed by atoms with E-state index >= 15 is 0 Å². The summed E-state index contributed by atoms with van der Waals surface area (Å²) in [4.78, 5) is 12.5. The van der Waals surface area contributed by atoms with Crippen LogP contribution in [0.4, 0.5) is 0 Å². The van der Waals surface area contributed by atoms with Gasteiger partial charge >= 0.3 is 0 Å². The molecule has 1 aromatic rings. The van der Waals surface area contributed by atoms with Crippen molar-refractivity contribution < 1.29 is 4.79 Å². The molecular weight excluding hydrogens is 308 g/mol. The summed E-state index contributed by atoms with van der Waals surface area (Å²) < 4.78 is 0. The number of hydrogen-bond acceptors (Lipinski definition) is 2. The second kappa shape index (κ2) is 8.70. The molecule has 3 rings (SSSR count). The monoisotopic (exact) mass is 336 g/mol. The Balaban J connectivity index is 0.00000192. The largest absolute Gasteiger partial charge is 0.352 e. The van der Waals surface area contributed by atoms with E-state index in [1.807, 2.05) is 0 Å². The minimum atomic E-state index is 0. The highest BCUT2D eigenvalue weighted by Gasteiger charge is 2.30. The van der Waals surface area contributed by atoms with Gasteiger partial charge < -0.3 is 10.6 Å². The fourth-order valence-corrected chi connectivity index (χ4v) is 3.96. The molecule has 0 aromatic heterocycles. The minimum absolute atomic E-state index is 0. The lowest BCUT2D eigenvalue weighted by molar-refractivity contribution is -0.127. The lowest BCUT2D eigenvalue weighted by atomic mass is 9.78. The predicted molar refractivity (Wildman–Crippen MR) is 97.0 cm³/mol. The molecular formula is C19H29ClN2O. The second-order valence-corrected chi connectivity index (χ2v) is 6.96. The molecule has 1 saturated carbocycles. The molecule has 1 aliphatic carbocycles. The Morgan fingerprint density at radius 3 is 2.43 bits per heavy atom. The topological polar surface area (TPSA) is 41.1 Å². The first-order valence-corrected chi connectivity index (χ1v) is 8.82. The van der Waals surface area contributed by atoms with Crippen molar-refractivity contribution in [2.45, 2.75) is 63.5 Å². The average Bonchev–Trinajstić information content (AvgIpc) is 2.58. The van der Waals surface area contributed by atoms with Crippen molar-refractivity contribution in [1.29, 1.82) is 0 Å². The maximum atomic E-state index is 12.5. The Morgan fingerprint density at radius 2 is 1.78 bits per heavy atom. The van der Waals surface area contributed by atoms with Crippen LogP contribution in [0.25, 0.3) is 0 Å². The molecule has 0 spiro atoms. The van der Waals surface area contributed by atoms with E-state index in [2.05, 4.69) is 47.9 Å². The van der Waals surface area contributed by atoms with Gasteiger partial charge in [-0.05, 0) is 63.5 Å². The van der Waals surface area contributed by atoms with E-state index < -0.39 is 0 Å². The number of carbonyl (C=O) groups is 1. The zero-order valence-corrected chi connectivity index (χ0v) is 14.8. The fraction of sp³-hybridized carbons (Fsp3) is 0.632. The summed E-state index contributed by atoms with van der Waals surface area (Å²) in [5.74, 6) is 1.14. The zero-order chi connectivity index (χ0) is 15.4. The molecule has 2 unspecified atom stereocenters. The first-order valence-electron chi connectivity index (χ1n) is 8.82. The summed E-state index contributed by atoms with van der Waals surface area (Å²) in [7, 11) is 0. The van der Waals surface area contributed by atoms with Crippen LogP contribution in [0.3, 0.4) is 0 Å². The number of nitrogens with one attached hydrogen (secondary N) is 2. The van der Waals surface area contributed by atoms with Gasteiger partial charge in [0.15, 0.2) is 0 Å². The van der Waals surface area contributed by atoms with E-state index in [1.54, 1.807) is 0 Å². The molecule has 1 amide bonds. The lowest BCUT2D eigenvalue weighted by Crippen LogP contribution is -2.53. The fourth-order valence-electron chi connectivity index (χ4n) is 3.96. The van der Waals surface area contributed by atoms with Crippen molar-refractivity contribution in [3.8, 4) is 0 Å². The Morgan fingerprint density at radius 1 is 1.09 bits per heavy atom. The molecule has 1 aliphatic heterocycles. The maximum absolute atomic E-state index is 12.5. The number of carbonyl (C=O) groups excluding carboxylic acids is 1. The third-order valence-electron chi connectivity index (χ3n) is 5.46. The molecule has 4 heteroatoms. The van der Waals surface area contributed by atoms with Crippen molar-refractivity contribution in [2.75, 3.05) is 6.54 Å². The molecule has 2 fully saturated rings. The summed E-state index contributed by atoms with van der Waals surface area (Å²) in [6.07, 6.45) is 6.61. The van der Waals surface area contributed by atoms with Crippen molar-refractivity contribution in [3.05, 3.63) is 35.9 Å². The van der Waals surface area contributed by atoms with E-state index in [-0.39, 0.29) is 24.2 Å². The Hall–Kier alpha value is -1.06. The van der Waals surface area contributed by atoms with Crippen LogP contribution in [0.5, 0.6) is 0 Å². The lowest BCUT2D eigenvalue weighted by Gasteiger charge is -2.33. The SMILES string of the molecule is CC1NCCCC1NC(=O)C1CCC(c2ccccc2)CC1.Cl. The molecule has 2 aliphatic rings. The van der Waals surface area contributed by atoms with Crippen molar-refractivity contribution in [3.63, 3.8) is 0 Å². The van der Waals surface area contributed by atoms with E-state index in [0.717, 1.165) is 45.1 Å². The third-order valence-corrected chi connectivity index (χ3v) is 5.46. The Bertz CT molecular complexity index is 485. The number of piperidine rings is 1. The molecule has 3 nitrogen and oxygen atoms in total. The summed E-state index contributed by atoms with van der Waals surface area (Å²) in [5, 5.41) is 6.75. The predicted octanol–water partition coefficient (Wildman–Crippen LogP) is 3.64. The zero-order valence-electron chi connectivity index (χ0n) is 14.0. The van der Waals surface area contributed by atoms with Crippen LogP contribution in [0, 0.1) is 5.92 Å². The smallest absolute Gasteiger partial charge is 0.223 e. The van der Waals surface area contributed by atoms with Crippen LogP contribution in [0.15, 0.2) is 30.3 Å². The van der Waals surface area contributed by atoms with Gasteiger partial charge in [-0.1, -0.05) is 30.3 Å². The quantitative estimate of drug-likeness (QED) is 0.884. The molecule has 2 N–H and O–H groups in total. The van der Waals surface area contributed by atoms with Gasteiger partial charge in [-0.15, -0.1) is 12.4 Å². The molecule has 1 saturated heterocycles. The summed E-state index contributed by atoms with van der Waals surface area (Å²) in [6.45, 7) is 3.26. The first-order chi connectivity index (χ1) is 10.7. The third kappa shape index (κ3) is 4.71. The molecule has 128 valence electrons. The highest BCUT2D eigenvalue weighted by Crippen LogP contribution is 2.35. The summed E-state index contributed by atoms with van der Waals surface area (Å²) in [5.41, 5.74) is 1.44. The van der Waals surface area contributed by atoms with Gasteiger partial charge in [0.25, 0.3) is 0 Å². The van der Waals surface area contributed by atoms with Crippen LogP contribution in [0.1, 0.15) is 56.9 Å². The highest BCUT2D eigenvalue weighted by atomic mass is 35.5. The van der Waals surface area contributed by atoms with Gasteiger partial charge in [-0.2, -0.15) is 0 Å². The standard InChI is InChI=1S/C19H28N2O.ClH/c1-14-18(8-5-13-20-14)21-19(22)17-11-9-16(10-12-17)15-6-3-2-4-7-15;/h2-4,6-7,14,16-18,20H,5,8-13H2,1H3,(H,21,22);1H. The number of halogens is 1. The summed E-state index contributed by atoms with van der Waals surface area (Å²) in [6, 6.07) is 11.5. The normalized spacial score (nSPS) is 31.0. The number of amides is 1. The van der Waals surface area contributed by atoms with Crippen molar-refractivity contribution >= 4 is 18.3 Å². The van der Waals surface area contributed by atoms with Gasteiger partial charge in [-0.3, -0.25) is 4.79 Å². The molecule has 0 bridgehead atoms. The molecule has 1 heterocycles. The molecule has 0 radical (unpaired) electrons. The highest BCUT2D eigenvalue weighted by molar-refractivity contribution is 5.85. The van der Waals surface area contributed by atoms with Gasteiger partial charge in [0.2, 0.25) is 5.91 Å². The maximum Gasteiger partial charge on any atom is 0.223 e. The van der Waals surface area contributed by atoms with Gasteiger partial charge in [0.1, 0.15) is 0 Å². The number of hydrogen-bond donors (Lipinski definition) is 2. The van der Waals surface area contributed by atoms with Gasteiger partial charge in [0.05, 0.1) is 0 Å². The molecule has 23 heavy (non-hydrogen) atoms. The first kappa shape index (κ1) is 18.3. The van der Waals surface area contributed by atoms with Crippen molar-refractivity contribution in [2.24, 2.45) is 5.92 Å². The van der Waals surface area contributed by atoms with E-state index in [4.69, 9.17) is 0 Å². The number of rotatable bonds is 3.